The number of amides is 2. The normalized spacial score (nSPS) is 21.4. The van der Waals surface area contributed by atoms with Crippen LogP contribution in [0.15, 0.2) is 29.2 Å². The number of rotatable bonds is 6. The Labute approximate surface area is 180 Å². The summed E-state index contributed by atoms with van der Waals surface area (Å²) in [4.78, 5) is 31.4. The minimum Gasteiger partial charge on any atom is -0.481 e. The maximum absolute atomic E-state index is 12.1. The molecular weight excluding hydrogens is 430 g/mol. The molecule has 0 aromatic heterocycles. The Morgan fingerprint density at radius 3 is 2.10 bits per heavy atom. The minimum atomic E-state index is -3.83. The largest absolute Gasteiger partial charge is 0.481 e. The minimum absolute atomic E-state index is 0.0894. The molecule has 2 aliphatic rings. The second-order valence-electron chi connectivity index (χ2n) is 7.67. The molecule has 3 rings (SSSR count). The molecule has 2 fully saturated rings. The Bertz CT molecular complexity index is 891. The van der Waals surface area contributed by atoms with Gasteiger partial charge in [0.2, 0.25) is 0 Å². The molecule has 172 valence electrons. The van der Waals surface area contributed by atoms with Gasteiger partial charge in [-0.2, -0.15) is 0 Å². The summed E-state index contributed by atoms with van der Waals surface area (Å²) >= 11 is 0. The van der Waals surface area contributed by atoms with E-state index in [-0.39, 0.29) is 4.90 Å². The number of hydrogen-bond donors (Lipinski definition) is 5. The van der Waals surface area contributed by atoms with Crippen molar-refractivity contribution in [3.05, 3.63) is 29.8 Å². The number of carboxylic acid groups (broad SMARTS) is 2. The zero-order valence-electron chi connectivity index (χ0n) is 17.0. The van der Waals surface area contributed by atoms with Gasteiger partial charge >= 0.3 is 18.0 Å². The molecule has 0 radical (unpaired) electrons. The molecule has 3 atom stereocenters. The number of hydrazine groups is 1. The van der Waals surface area contributed by atoms with Gasteiger partial charge in [-0.3, -0.25) is 10.2 Å². The standard InChI is InChI=1S/C15H21N3O3S.C4H6O5/c1-11-5-7-14(8-6-11)22(20,21)17-15(19)16-18-9-12-3-2-4-13(12)10-18;5-2(4(8)9)1-3(6)7/h5-8,12-13H,2-4,9-10H2,1H3,(H2,16,17,19);2,5H,1H2,(H,6,7)(H,8,9)/t12-,13+;2-/m.1/s1. The second-order valence-corrected chi connectivity index (χ2v) is 9.35. The number of urea groups is 1. The lowest BCUT2D eigenvalue weighted by Crippen LogP contribution is -2.48. The topological polar surface area (TPSA) is 173 Å². The summed E-state index contributed by atoms with van der Waals surface area (Å²) < 4.78 is 26.3. The van der Waals surface area contributed by atoms with Gasteiger partial charge in [-0.05, 0) is 43.7 Å². The molecule has 0 unspecified atom stereocenters. The SMILES string of the molecule is Cc1ccc(S(=O)(=O)NC(=O)NN2C[C@H]3CCC[C@H]3C2)cc1.O=C(O)C[C@@H](O)C(=O)O. The number of aryl methyl sites for hydroxylation is 1. The molecule has 12 heteroatoms. The number of aliphatic hydroxyl groups excluding tert-OH is 1. The van der Waals surface area contributed by atoms with E-state index in [0.29, 0.717) is 11.8 Å². The first-order chi connectivity index (χ1) is 14.5. The average Bonchev–Trinajstić information content (AvgIpc) is 3.23. The zero-order valence-corrected chi connectivity index (χ0v) is 17.8. The first kappa shape index (κ1) is 24.6. The lowest BCUT2D eigenvalue weighted by Gasteiger charge is -2.18. The fourth-order valence-corrected chi connectivity index (χ4v) is 4.55. The fraction of sp³-hybridized carbons (Fsp3) is 0.526. The van der Waals surface area contributed by atoms with Crippen molar-refractivity contribution in [1.29, 1.82) is 0 Å². The van der Waals surface area contributed by atoms with Crippen molar-refractivity contribution in [2.75, 3.05) is 13.1 Å². The van der Waals surface area contributed by atoms with E-state index in [1.807, 2.05) is 11.9 Å². The molecule has 1 aliphatic carbocycles. The number of benzene rings is 1. The Hall–Kier alpha value is -2.70. The number of carbonyl (C=O) groups is 3. The van der Waals surface area contributed by atoms with E-state index in [1.165, 1.54) is 31.4 Å². The van der Waals surface area contributed by atoms with E-state index >= 15 is 0 Å². The van der Waals surface area contributed by atoms with Gasteiger partial charge in [0.1, 0.15) is 0 Å². The molecule has 1 heterocycles. The van der Waals surface area contributed by atoms with Crippen LogP contribution in [0.1, 0.15) is 31.2 Å². The number of hydrogen-bond acceptors (Lipinski definition) is 7. The molecular formula is C19H27N3O8S. The van der Waals surface area contributed by atoms with Crippen molar-refractivity contribution in [1.82, 2.24) is 15.2 Å². The molecule has 1 saturated carbocycles. The van der Waals surface area contributed by atoms with Crippen LogP contribution in [0.5, 0.6) is 0 Å². The Kier molecular flexibility index (Phi) is 8.36. The summed E-state index contributed by atoms with van der Waals surface area (Å²) in [5.41, 5.74) is 3.61. The molecule has 1 aromatic rings. The number of carboxylic acids is 2. The second kappa shape index (κ2) is 10.6. The molecule has 1 aliphatic heterocycles. The van der Waals surface area contributed by atoms with Crippen molar-refractivity contribution in [2.45, 2.75) is 43.6 Å². The van der Waals surface area contributed by atoms with E-state index in [1.54, 1.807) is 12.1 Å². The van der Waals surface area contributed by atoms with Gasteiger partial charge < -0.3 is 15.3 Å². The van der Waals surface area contributed by atoms with Crippen molar-refractivity contribution in [2.24, 2.45) is 11.8 Å². The highest BCUT2D eigenvalue weighted by Crippen LogP contribution is 2.36. The van der Waals surface area contributed by atoms with Crippen LogP contribution in [0.25, 0.3) is 0 Å². The van der Waals surface area contributed by atoms with Gasteiger partial charge in [0.15, 0.2) is 6.10 Å². The van der Waals surface area contributed by atoms with Crippen LogP contribution in [0.2, 0.25) is 0 Å². The molecule has 1 aromatic carbocycles. The summed E-state index contributed by atoms with van der Waals surface area (Å²) in [6.07, 6.45) is 1.12. The number of carbonyl (C=O) groups excluding carboxylic acids is 1. The van der Waals surface area contributed by atoms with Crippen LogP contribution in [0.3, 0.4) is 0 Å². The number of sulfonamides is 1. The van der Waals surface area contributed by atoms with Gasteiger partial charge in [-0.25, -0.2) is 27.7 Å². The Morgan fingerprint density at radius 1 is 1.10 bits per heavy atom. The number of nitrogens with one attached hydrogen (secondary N) is 2. The smallest absolute Gasteiger partial charge is 0.343 e. The highest BCUT2D eigenvalue weighted by Gasteiger charge is 2.36. The van der Waals surface area contributed by atoms with Crippen LogP contribution < -0.4 is 10.1 Å². The summed E-state index contributed by atoms with van der Waals surface area (Å²) in [5.74, 6) is -1.58. The lowest BCUT2D eigenvalue weighted by atomic mass is 10.0. The average molecular weight is 458 g/mol. The van der Waals surface area contributed by atoms with E-state index < -0.39 is 40.5 Å². The van der Waals surface area contributed by atoms with Gasteiger partial charge in [-0.1, -0.05) is 24.1 Å². The molecule has 0 spiro atoms. The van der Waals surface area contributed by atoms with Gasteiger partial charge in [0.25, 0.3) is 10.0 Å². The number of aliphatic carboxylic acids is 2. The summed E-state index contributed by atoms with van der Waals surface area (Å²) in [7, 11) is -3.83. The van der Waals surface area contributed by atoms with Crippen molar-refractivity contribution in [3.8, 4) is 0 Å². The predicted molar refractivity (Wildman–Crippen MR) is 108 cm³/mol. The van der Waals surface area contributed by atoms with E-state index in [9.17, 15) is 22.8 Å². The third kappa shape index (κ3) is 7.49. The van der Waals surface area contributed by atoms with E-state index in [4.69, 9.17) is 15.3 Å². The Balaban J connectivity index is 0.000000323. The molecule has 5 N–H and O–H groups in total. The summed E-state index contributed by atoms with van der Waals surface area (Å²) in [6, 6.07) is 5.69. The first-order valence-electron chi connectivity index (χ1n) is 9.75. The molecule has 2 amide bonds. The maximum atomic E-state index is 12.1. The molecule has 0 bridgehead atoms. The Morgan fingerprint density at radius 2 is 1.65 bits per heavy atom. The van der Waals surface area contributed by atoms with Crippen LogP contribution in [-0.2, 0) is 19.6 Å². The first-order valence-corrected chi connectivity index (χ1v) is 11.2. The van der Waals surface area contributed by atoms with Crippen LogP contribution >= 0.6 is 0 Å². The maximum Gasteiger partial charge on any atom is 0.343 e. The van der Waals surface area contributed by atoms with Gasteiger partial charge in [0.05, 0.1) is 11.3 Å². The van der Waals surface area contributed by atoms with Crippen molar-refractivity contribution < 1.29 is 38.1 Å². The number of aliphatic hydroxyl groups is 1. The zero-order chi connectivity index (χ0) is 23.2. The van der Waals surface area contributed by atoms with Crippen LogP contribution in [0.4, 0.5) is 4.79 Å². The third-order valence-electron chi connectivity index (χ3n) is 5.20. The van der Waals surface area contributed by atoms with E-state index in [2.05, 4.69) is 10.1 Å². The highest BCUT2D eigenvalue weighted by molar-refractivity contribution is 7.90. The van der Waals surface area contributed by atoms with Crippen LogP contribution in [0, 0.1) is 18.8 Å². The number of nitrogens with zero attached hydrogens (tertiary/aromatic N) is 1. The monoisotopic (exact) mass is 457 g/mol. The van der Waals surface area contributed by atoms with Gasteiger partial charge in [0, 0.05) is 13.1 Å². The summed E-state index contributed by atoms with van der Waals surface area (Å²) in [6.45, 7) is 3.49. The van der Waals surface area contributed by atoms with Crippen molar-refractivity contribution in [3.63, 3.8) is 0 Å². The van der Waals surface area contributed by atoms with Crippen LogP contribution in [-0.4, -0.2) is 65.9 Å². The summed E-state index contributed by atoms with van der Waals surface area (Å²) in [5, 5.41) is 26.0. The highest BCUT2D eigenvalue weighted by atomic mass is 32.2. The quantitative estimate of drug-likeness (QED) is 0.408. The van der Waals surface area contributed by atoms with Crippen molar-refractivity contribution >= 4 is 28.0 Å². The number of fused-ring (bicyclic) bond motifs is 1. The molecule has 1 saturated heterocycles. The lowest BCUT2D eigenvalue weighted by molar-refractivity contribution is -0.152. The fourth-order valence-electron chi connectivity index (χ4n) is 3.64. The molecule has 11 nitrogen and oxygen atoms in total. The molecule has 31 heavy (non-hydrogen) atoms. The van der Waals surface area contributed by atoms with Gasteiger partial charge in [-0.15, -0.1) is 0 Å². The van der Waals surface area contributed by atoms with E-state index in [0.717, 1.165) is 18.7 Å². The third-order valence-corrected chi connectivity index (χ3v) is 6.54. The predicted octanol–water partition coefficient (Wildman–Crippen LogP) is 0.536.